The zero-order valence-corrected chi connectivity index (χ0v) is 24.6. The van der Waals surface area contributed by atoms with Gasteiger partial charge in [-0.15, -0.1) is 0 Å². The molecule has 3 aromatic rings. The van der Waals surface area contributed by atoms with E-state index in [-0.39, 0.29) is 11.3 Å². The summed E-state index contributed by atoms with van der Waals surface area (Å²) in [5.74, 6) is 0.240. The molecule has 1 atom stereocenters. The van der Waals surface area contributed by atoms with Gasteiger partial charge in [0.15, 0.2) is 34.4 Å². The Morgan fingerprint density at radius 3 is 2.50 bits per heavy atom. The van der Waals surface area contributed by atoms with Crippen molar-refractivity contribution in [3.8, 4) is 17.2 Å². The lowest BCUT2D eigenvalue weighted by molar-refractivity contribution is -0.129. The van der Waals surface area contributed by atoms with Gasteiger partial charge in [-0.1, -0.05) is 32.0 Å². The summed E-state index contributed by atoms with van der Waals surface area (Å²) in [4.78, 5) is 31.3. The van der Waals surface area contributed by atoms with Crippen LogP contribution in [-0.2, 0) is 9.53 Å². The zero-order valence-electron chi connectivity index (χ0n) is 24.6. The average Bonchev–Trinajstić information content (AvgIpc) is 3.55. The van der Waals surface area contributed by atoms with Gasteiger partial charge in [0.1, 0.15) is 0 Å². The number of fused-ring (bicyclic) bond motifs is 1. The highest BCUT2D eigenvalue weighted by atomic mass is 16.5. The van der Waals surface area contributed by atoms with Crippen LogP contribution >= 0.6 is 0 Å². The second-order valence-corrected chi connectivity index (χ2v) is 10.9. The van der Waals surface area contributed by atoms with Gasteiger partial charge in [0.2, 0.25) is 5.78 Å². The number of hydrogen-bond donors (Lipinski definition) is 1. The number of rotatable bonds is 12. The zero-order chi connectivity index (χ0) is 29.8. The van der Waals surface area contributed by atoms with Gasteiger partial charge in [-0.2, -0.15) is 0 Å². The molecule has 1 N–H and O–H groups in total. The van der Waals surface area contributed by atoms with Crippen molar-refractivity contribution in [3.63, 3.8) is 0 Å². The van der Waals surface area contributed by atoms with Crippen LogP contribution in [0, 0.1) is 5.92 Å². The third-order valence-electron chi connectivity index (χ3n) is 7.72. The molecule has 2 aliphatic heterocycles. The number of Topliss-reactive ketones (excluding diaryl/α,β-unsaturated/α-hetero) is 1. The standard InChI is InChI=1S/C32H38N2O8/c1-20(2)10-15-41-23-9-8-21(18-25(23)39-4)28-27(29(35)26-19-22-6-5-7-24(38-3)31(22)42-26)30(36)32(37)34(28)12-11-33-13-16-40-17-14-33/h5-9,18-20,28,36H,10-17H2,1-4H3. The van der Waals surface area contributed by atoms with E-state index in [4.69, 9.17) is 23.4 Å². The number of benzene rings is 2. The number of aliphatic hydroxyl groups is 1. The number of carbonyl (C=O) groups is 2. The summed E-state index contributed by atoms with van der Waals surface area (Å²) in [5, 5.41) is 11.8. The van der Waals surface area contributed by atoms with Gasteiger partial charge in [-0.25, -0.2) is 0 Å². The van der Waals surface area contributed by atoms with Gasteiger partial charge in [0.25, 0.3) is 5.91 Å². The Balaban J connectivity index is 1.51. The summed E-state index contributed by atoms with van der Waals surface area (Å²) >= 11 is 0. The molecule has 10 nitrogen and oxygen atoms in total. The maximum atomic E-state index is 14.0. The first kappa shape index (κ1) is 29.5. The summed E-state index contributed by atoms with van der Waals surface area (Å²) in [6, 6.07) is 11.4. The van der Waals surface area contributed by atoms with E-state index in [0.29, 0.717) is 72.6 Å². The summed E-state index contributed by atoms with van der Waals surface area (Å²) < 4.78 is 28.4. The van der Waals surface area contributed by atoms with Crippen molar-refractivity contribution in [1.29, 1.82) is 0 Å². The molecular formula is C32H38N2O8. The predicted molar refractivity (Wildman–Crippen MR) is 156 cm³/mol. The molecule has 1 amide bonds. The molecule has 2 aromatic carbocycles. The Bertz CT molecular complexity index is 1470. The lowest BCUT2D eigenvalue weighted by atomic mass is 9.94. The Morgan fingerprint density at radius 1 is 1.02 bits per heavy atom. The maximum absolute atomic E-state index is 14.0. The van der Waals surface area contributed by atoms with E-state index in [1.54, 1.807) is 49.6 Å². The number of furan rings is 1. The van der Waals surface area contributed by atoms with Gasteiger partial charge < -0.3 is 33.4 Å². The minimum absolute atomic E-state index is 0.00415. The molecule has 1 unspecified atom stereocenters. The molecule has 2 aliphatic rings. The molecule has 0 radical (unpaired) electrons. The smallest absolute Gasteiger partial charge is 0.290 e. The molecule has 5 rings (SSSR count). The summed E-state index contributed by atoms with van der Waals surface area (Å²) in [6.07, 6.45) is 0.884. The van der Waals surface area contributed by atoms with Gasteiger partial charge in [0.05, 0.1) is 45.7 Å². The summed E-state index contributed by atoms with van der Waals surface area (Å²) in [7, 11) is 3.07. The normalized spacial score (nSPS) is 17.9. The van der Waals surface area contributed by atoms with Crippen molar-refractivity contribution in [2.45, 2.75) is 26.3 Å². The van der Waals surface area contributed by atoms with E-state index in [9.17, 15) is 14.7 Å². The molecule has 1 fully saturated rings. The topological polar surface area (TPSA) is 111 Å². The second kappa shape index (κ2) is 12.9. The Morgan fingerprint density at radius 2 is 1.79 bits per heavy atom. The van der Waals surface area contributed by atoms with Gasteiger partial charge >= 0.3 is 0 Å². The lowest BCUT2D eigenvalue weighted by Crippen LogP contribution is -2.43. The number of nitrogens with zero attached hydrogens (tertiary/aromatic N) is 2. The molecule has 0 bridgehead atoms. The van der Waals surface area contributed by atoms with Crippen LogP contribution in [0.2, 0.25) is 0 Å². The molecule has 1 aromatic heterocycles. The molecular weight excluding hydrogens is 540 g/mol. The molecule has 0 saturated carbocycles. The number of morpholine rings is 1. The minimum atomic E-state index is -0.861. The Labute approximate surface area is 245 Å². The largest absolute Gasteiger partial charge is 0.503 e. The third kappa shape index (κ3) is 5.96. The fourth-order valence-electron chi connectivity index (χ4n) is 5.36. The van der Waals surface area contributed by atoms with Crippen molar-refractivity contribution in [1.82, 2.24) is 9.80 Å². The maximum Gasteiger partial charge on any atom is 0.290 e. The molecule has 3 heterocycles. The molecule has 1 saturated heterocycles. The number of hydrogen-bond acceptors (Lipinski definition) is 9. The van der Waals surface area contributed by atoms with Gasteiger partial charge in [-0.05, 0) is 42.2 Å². The minimum Gasteiger partial charge on any atom is -0.503 e. The first-order chi connectivity index (χ1) is 20.3. The highest BCUT2D eigenvalue weighted by Crippen LogP contribution is 2.42. The van der Waals surface area contributed by atoms with Crippen LogP contribution in [-0.4, -0.2) is 86.8 Å². The highest BCUT2D eigenvalue weighted by molar-refractivity contribution is 6.16. The van der Waals surface area contributed by atoms with Crippen LogP contribution in [0.4, 0.5) is 0 Å². The first-order valence-electron chi connectivity index (χ1n) is 14.3. The number of aliphatic hydroxyl groups excluding tert-OH is 1. The number of carbonyl (C=O) groups excluding carboxylic acids is 2. The molecule has 10 heteroatoms. The van der Waals surface area contributed by atoms with Crippen LogP contribution < -0.4 is 14.2 Å². The molecule has 0 aliphatic carbocycles. The van der Waals surface area contributed by atoms with Gasteiger partial charge in [0, 0.05) is 31.6 Å². The van der Waals surface area contributed by atoms with Crippen LogP contribution in [0.1, 0.15) is 42.4 Å². The van der Waals surface area contributed by atoms with Crippen molar-refractivity contribution >= 4 is 22.7 Å². The summed E-state index contributed by atoms with van der Waals surface area (Å²) in [6.45, 7) is 8.38. The Hall–Kier alpha value is -4.02. The fourth-order valence-corrected chi connectivity index (χ4v) is 5.36. The SMILES string of the molecule is COc1cc(C2C(C(=O)c3cc4cccc(OC)c4o3)=C(O)C(=O)N2CCN2CCOCC2)ccc1OCCC(C)C. The fraction of sp³-hybridized carbons (Fsp3) is 0.438. The number of para-hydroxylation sites is 1. The van der Waals surface area contributed by atoms with Crippen molar-refractivity contribution < 1.29 is 38.1 Å². The van der Waals surface area contributed by atoms with Crippen molar-refractivity contribution in [2.24, 2.45) is 5.92 Å². The van der Waals surface area contributed by atoms with E-state index in [1.807, 2.05) is 0 Å². The molecule has 42 heavy (non-hydrogen) atoms. The molecule has 224 valence electrons. The van der Waals surface area contributed by atoms with Crippen LogP contribution in [0.3, 0.4) is 0 Å². The predicted octanol–water partition coefficient (Wildman–Crippen LogP) is 4.79. The van der Waals surface area contributed by atoms with E-state index >= 15 is 0 Å². The van der Waals surface area contributed by atoms with Gasteiger partial charge in [-0.3, -0.25) is 14.5 Å². The number of ether oxygens (including phenoxy) is 4. The van der Waals surface area contributed by atoms with E-state index in [2.05, 4.69) is 18.7 Å². The number of ketones is 1. The third-order valence-corrected chi connectivity index (χ3v) is 7.72. The van der Waals surface area contributed by atoms with E-state index in [1.165, 1.54) is 12.0 Å². The molecule has 0 spiro atoms. The Kier molecular flexibility index (Phi) is 9.03. The van der Waals surface area contributed by atoms with Crippen LogP contribution in [0.5, 0.6) is 17.2 Å². The quantitative estimate of drug-likeness (QED) is 0.304. The summed E-state index contributed by atoms with van der Waals surface area (Å²) in [5.41, 5.74) is 0.980. The van der Waals surface area contributed by atoms with Crippen molar-refractivity contribution in [3.05, 3.63) is 65.1 Å². The average molecular weight is 579 g/mol. The number of methoxy groups -OCH3 is 2. The van der Waals surface area contributed by atoms with E-state index in [0.717, 1.165) is 19.5 Å². The van der Waals surface area contributed by atoms with Crippen molar-refractivity contribution in [2.75, 3.05) is 60.2 Å². The van der Waals surface area contributed by atoms with Crippen LogP contribution in [0.25, 0.3) is 11.0 Å². The second-order valence-electron chi connectivity index (χ2n) is 10.9. The lowest BCUT2D eigenvalue weighted by Gasteiger charge is -2.31. The highest BCUT2D eigenvalue weighted by Gasteiger charge is 2.45. The first-order valence-corrected chi connectivity index (χ1v) is 14.3. The van der Waals surface area contributed by atoms with E-state index < -0.39 is 23.5 Å². The van der Waals surface area contributed by atoms with Crippen LogP contribution in [0.15, 0.2) is 58.2 Å². The monoisotopic (exact) mass is 578 g/mol. The number of amides is 1.